The summed E-state index contributed by atoms with van der Waals surface area (Å²) in [4.78, 5) is 19.0. The smallest absolute Gasteiger partial charge is 0.253 e. The monoisotopic (exact) mass is 330 g/mol. The molecule has 5 heteroatoms. The first-order valence-electron chi connectivity index (χ1n) is 8.15. The molecule has 1 aromatic heterocycles. The molecule has 0 N–H and O–H groups in total. The normalized spacial score (nSPS) is 15.3. The van der Waals surface area contributed by atoms with E-state index in [0.29, 0.717) is 12.2 Å². The van der Waals surface area contributed by atoms with Gasteiger partial charge in [-0.15, -0.1) is 11.3 Å². The second-order valence-corrected chi connectivity index (χ2v) is 6.94. The van der Waals surface area contributed by atoms with E-state index in [9.17, 15) is 4.79 Å². The summed E-state index contributed by atoms with van der Waals surface area (Å²) in [5.41, 5.74) is 1.63. The lowest BCUT2D eigenvalue weighted by Crippen LogP contribution is -2.31. The maximum atomic E-state index is 12.6. The zero-order valence-electron chi connectivity index (χ0n) is 13.5. The molecule has 0 saturated carbocycles. The summed E-state index contributed by atoms with van der Waals surface area (Å²) >= 11 is 1.62. The molecule has 4 nitrogen and oxygen atoms in total. The number of nitrogens with zero attached hydrogens (tertiary/aromatic N) is 2. The Labute approximate surface area is 141 Å². The van der Waals surface area contributed by atoms with Gasteiger partial charge >= 0.3 is 0 Å². The minimum atomic E-state index is 0.113. The van der Waals surface area contributed by atoms with Crippen molar-refractivity contribution in [1.82, 2.24) is 9.88 Å². The van der Waals surface area contributed by atoms with Crippen molar-refractivity contribution in [3.05, 3.63) is 45.9 Å². The Hall–Kier alpha value is -1.88. The summed E-state index contributed by atoms with van der Waals surface area (Å²) in [7, 11) is 0. The number of hydrogen-bond acceptors (Lipinski definition) is 4. The van der Waals surface area contributed by atoms with Crippen molar-refractivity contribution < 1.29 is 9.53 Å². The van der Waals surface area contributed by atoms with E-state index in [0.717, 1.165) is 42.4 Å². The molecule has 2 heterocycles. The first-order chi connectivity index (χ1) is 11.2. The van der Waals surface area contributed by atoms with Crippen LogP contribution >= 0.6 is 11.3 Å². The van der Waals surface area contributed by atoms with Gasteiger partial charge in [0, 0.05) is 24.0 Å². The van der Waals surface area contributed by atoms with Gasteiger partial charge in [-0.05, 0) is 38.0 Å². The third kappa shape index (κ3) is 4.32. The summed E-state index contributed by atoms with van der Waals surface area (Å²) in [6.07, 6.45) is 4.65. The number of ether oxygens (including phenoxy) is 1. The molecule has 0 spiro atoms. The Balaban J connectivity index is 1.65. The van der Waals surface area contributed by atoms with Crippen molar-refractivity contribution in [3.63, 3.8) is 0 Å². The second kappa shape index (κ2) is 7.59. The van der Waals surface area contributed by atoms with Crippen molar-refractivity contribution in [2.75, 3.05) is 13.1 Å². The topological polar surface area (TPSA) is 42.4 Å². The molecule has 1 amide bonds. The van der Waals surface area contributed by atoms with Gasteiger partial charge in [-0.3, -0.25) is 4.79 Å². The molecule has 0 unspecified atom stereocenters. The third-order valence-corrected chi connectivity index (χ3v) is 4.85. The van der Waals surface area contributed by atoms with Gasteiger partial charge in [-0.25, -0.2) is 4.98 Å². The summed E-state index contributed by atoms with van der Waals surface area (Å²) < 4.78 is 5.78. The van der Waals surface area contributed by atoms with E-state index in [4.69, 9.17) is 4.74 Å². The Morgan fingerprint density at radius 3 is 2.74 bits per heavy atom. The van der Waals surface area contributed by atoms with Crippen LogP contribution in [0.3, 0.4) is 0 Å². The van der Waals surface area contributed by atoms with Gasteiger partial charge in [-0.2, -0.15) is 0 Å². The minimum absolute atomic E-state index is 0.113. The third-order valence-electron chi connectivity index (χ3n) is 4.03. The highest BCUT2D eigenvalue weighted by molar-refractivity contribution is 7.09. The Morgan fingerprint density at radius 1 is 1.26 bits per heavy atom. The summed E-state index contributed by atoms with van der Waals surface area (Å²) in [5.74, 6) is 0.832. The molecule has 1 aliphatic heterocycles. The minimum Gasteiger partial charge on any atom is -0.487 e. The SMILES string of the molecule is Cc1nc(COc2cccc(C(=O)N3CCCCCC3)c2)cs1. The predicted octanol–water partition coefficient (Wildman–Crippen LogP) is 4.05. The molecule has 3 rings (SSSR count). The first kappa shape index (κ1) is 16.0. The van der Waals surface area contributed by atoms with Crippen LogP contribution in [0.15, 0.2) is 29.6 Å². The van der Waals surface area contributed by atoms with Crippen LogP contribution in [0, 0.1) is 6.92 Å². The van der Waals surface area contributed by atoms with Crippen LogP contribution in [0.4, 0.5) is 0 Å². The van der Waals surface area contributed by atoms with Crippen molar-refractivity contribution in [1.29, 1.82) is 0 Å². The summed E-state index contributed by atoms with van der Waals surface area (Å²) in [5, 5.41) is 3.04. The fraction of sp³-hybridized carbons (Fsp3) is 0.444. The first-order valence-corrected chi connectivity index (χ1v) is 9.03. The fourth-order valence-electron chi connectivity index (χ4n) is 2.81. The molecule has 23 heavy (non-hydrogen) atoms. The molecular formula is C18H22N2O2S. The number of aromatic nitrogens is 1. The van der Waals surface area contributed by atoms with Crippen molar-refractivity contribution in [2.45, 2.75) is 39.2 Å². The molecular weight excluding hydrogens is 308 g/mol. The quantitative estimate of drug-likeness (QED) is 0.849. The van der Waals surface area contributed by atoms with Crippen LogP contribution in [0.25, 0.3) is 0 Å². The molecule has 0 atom stereocenters. The molecule has 0 aliphatic carbocycles. The molecule has 122 valence electrons. The van der Waals surface area contributed by atoms with Crippen molar-refractivity contribution >= 4 is 17.2 Å². The number of hydrogen-bond donors (Lipinski definition) is 0. The molecule has 1 aromatic carbocycles. The van der Waals surface area contributed by atoms with Crippen LogP contribution in [-0.2, 0) is 6.61 Å². The summed E-state index contributed by atoms with van der Waals surface area (Å²) in [6, 6.07) is 7.48. The van der Waals surface area contributed by atoms with Gasteiger partial charge in [0.2, 0.25) is 0 Å². The molecule has 1 aliphatic rings. The number of carbonyl (C=O) groups excluding carboxylic acids is 1. The Morgan fingerprint density at radius 2 is 2.04 bits per heavy atom. The molecule has 1 fully saturated rings. The fourth-order valence-corrected chi connectivity index (χ4v) is 3.40. The zero-order valence-corrected chi connectivity index (χ0v) is 14.3. The number of aryl methyl sites for hydroxylation is 1. The largest absolute Gasteiger partial charge is 0.487 e. The number of thiazole rings is 1. The maximum absolute atomic E-state index is 12.6. The average molecular weight is 330 g/mol. The van der Waals surface area contributed by atoms with E-state index in [-0.39, 0.29) is 5.91 Å². The number of benzene rings is 1. The molecule has 1 saturated heterocycles. The van der Waals surface area contributed by atoms with Crippen LogP contribution in [0.1, 0.15) is 46.7 Å². The lowest BCUT2D eigenvalue weighted by molar-refractivity contribution is 0.0761. The number of likely N-dealkylation sites (tertiary alicyclic amines) is 1. The second-order valence-electron chi connectivity index (χ2n) is 5.88. The van der Waals surface area contributed by atoms with Crippen LogP contribution in [0.2, 0.25) is 0 Å². The van der Waals surface area contributed by atoms with Gasteiger partial charge in [0.1, 0.15) is 12.4 Å². The van der Waals surface area contributed by atoms with E-state index < -0.39 is 0 Å². The van der Waals surface area contributed by atoms with Crippen LogP contribution in [-0.4, -0.2) is 28.9 Å². The highest BCUT2D eigenvalue weighted by Crippen LogP contribution is 2.19. The maximum Gasteiger partial charge on any atom is 0.253 e. The van der Waals surface area contributed by atoms with E-state index >= 15 is 0 Å². The van der Waals surface area contributed by atoms with Gasteiger partial charge in [0.15, 0.2) is 0 Å². The lowest BCUT2D eigenvalue weighted by Gasteiger charge is -2.20. The zero-order chi connectivity index (χ0) is 16.1. The highest BCUT2D eigenvalue weighted by atomic mass is 32.1. The van der Waals surface area contributed by atoms with Crippen molar-refractivity contribution in [2.24, 2.45) is 0 Å². The standard InChI is InChI=1S/C18H22N2O2S/c1-14-19-16(13-23-14)12-22-17-8-6-7-15(11-17)18(21)20-9-4-2-3-5-10-20/h6-8,11,13H,2-5,9-10,12H2,1H3. The number of amides is 1. The predicted molar refractivity (Wildman–Crippen MR) is 92.0 cm³/mol. The highest BCUT2D eigenvalue weighted by Gasteiger charge is 2.17. The lowest BCUT2D eigenvalue weighted by atomic mass is 10.2. The van der Waals surface area contributed by atoms with Crippen LogP contribution < -0.4 is 4.74 Å². The Bertz CT molecular complexity index is 661. The number of carbonyl (C=O) groups is 1. The molecule has 0 radical (unpaired) electrons. The van der Waals surface area contributed by atoms with Gasteiger partial charge in [-0.1, -0.05) is 18.9 Å². The Kier molecular flexibility index (Phi) is 5.28. The van der Waals surface area contributed by atoms with E-state index in [2.05, 4.69) is 4.98 Å². The van der Waals surface area contributed by atoms with Gasteiger partial charge < -0.3 is 9.64 Å². The number of rotatable bonds is 4. The van der Waals surface area contributed by atoms with Gasteiger partial charge in [0.05, 0.1) is 10.7 Å². The molecule has 2 aromatic rings. The summed E-state index contributed by atoms with van der Waals surface area (Å²) in [6.45, 7) is 4.14. The molecule has 0 bridgehead atoms. The van der Waals surface area contributed by atoms with Gasteiger partial charge in [0.25, 0.3) is 5.91 Å². The van der Waals surface area contributed by atoms with Crippen LogP contribution in [0.5, 0.6) is 5.75 Å². The van der Waals surface area contributed by atoms with E-state index in [1.165, 1.54) is 12.8 Å². The van der Waals surface area contributed by atoms with E-state index in [1.54, 1.807) is 11.3 Å². The van der Waals surface area contributed by atoms with E-state index in [1.807, 2.05) is 41.5 Å². The van der Waals surface area contributed by atoms with Crippen molar-refractivity contribution in [3.8, 4) is 5.75 Å². The average Bonchev–Trinajstić information content (AvgIpc) is 2.82.